The van der Waals surface area contributed by atoms with Crippen LogP contribution in [0.15, 0.2) is 53.4 Å². The molecule has 2 radical (unpaired) electrons. The topological polar surface area (TPSA) is 83.6 Å². The third-order valence-corrected chi connectivity index (χ3v) is 5.69. The number of hydrogen-bond donors (Lipinski definition) is 1. The summed E-state index contributed by atoms with van der Waals surface area (Å²) >= 11 is 0. The maximum Gasteiger partial charge on any atom is 0.266 e. The molecule has 8 heteroatoms. The van der Waals surface area contributed by atoms with Crippen molar-refractivity contribution in [1.29, 1.82) is 0 Å². The van der Waals surface area contributed by atoms with E-state index in [0.717, 1.165) is 7.05 Å². The second-order valence-corrected chi connectivity index (χ2v) is 7.33. The minimum absolute atomic E-state index is 0.0374. The Balaban J connectivity index is 2.02. The van der Waals surface area contributed by atoms with Crippen LogP contribution in [0.25, 0.3) is 0 Å². The summed E-state index contributed by atoms with van der Waals surface area (Å²) in [7, 11) is 2.82. The number of amides is 2. The summed E-state index contributed by atoms with van der Waals surface area (Å²) < 4.78 is 25.3. The summed E-state index contributed by atoms with van der Waals surface area (Å²) in [4.78, 5) is 25.0. The van der Waals surface area contributed by atoms with E-state index >= 15 is 0 Å². The highest BCUT2D eigenvalue weighted by atomic mass is 32.2. The third-order valence-electron chi connectivity index (χ3n) is 3.87. The molecule has 0 aliphatic carbocycles. The van der Waals surface area contributed by atoms with Gasteiger partial charge < -0.3 is 5.32 Å². The summed E-state index contributed by atoms with van der Waals surface area (Å²) in [5.74, 6) is -2.62. The third kappa shape index (κ3) is 2.58. The Morgan fingerprint density at radius 2 is 1.75 bits per heavy atom. The van der Waals surface area contributed by atoms with Crippen LogP contribution >= 0.6 is 0 Å². The Bertz CT molecular complexity index is 925. The summed E-state index contributed by atoms with van der Waals surface area (Å²) in [5.41, 5.74) is 1.18. The second kappa shape index (κ2) is 5.79. The molecule has 2 aromatic carbocycles. The Hall–Kier alpha value is -2.61. The average molecular weight is 340 g/mol. The van der Waals surface area contributed by atoms with E-state index in [1.807, 2.05) is 0 Å². The molecule has 1 unspecified atom stereocenters. The number of benzene rings is 2. The van der Waals surface area contributed by atoms with Gasteiger partial charge in [0.1, 0.15) is 13.8 Å². The predicted octanol–water partition coefficient (Wildman–Crippen LogP) is 0.363. The van der Waals surface area contributed by atoms with Crippen molar-refractivity contribution in [3.8, 4) is 0 Å². The lowest BCUT2D eigenvalue weighted by Gasteiger charge is -2.30. The molecule has 0 aromatic heterocycles. The number of likely N-dealkylation sites (N-methyl/N-ethyl adjacent to an activating group) is 1. The largest absolute Gasteiger partial charge is 0.325 e. The van der Waals surface area contributed by atoms with Crippen LogP contribution in [-0.4, -0.2) is 39.4 Å². The number of carbonyl (C=O) groups excluding carboxylic acids is 2. The van der Waals surface area contributed by atoms with Gasteiger partial charge in [-0.1, -0.05) is 35.8 Å². The van der Waals surface area contributed by atoms with E-state index in [2.05, 4.69) is 5.32 Å². The van der Waals surface area contributed by atoms with Crippen molar-refractivity contribution in [2.24, 2.45) is 0 Å². The molecule has 3 rings (SSSR count). The molecule has 1 atom stereocenters. The molecule has 24 heavy (non-hydrogen) atoms. The number of fused-ring (bicyclic) bond motifs is 1. The Morgan fingerprint density at radius 1 is 1.12 bits per heavy atom. The van der Waals surface area contributed by atoms with Crippen LogP contribution in [0.4, 0.5) is 5.69 Å². The van der Waals surface area contributed by atoms with Crippen LogP contribution in [0.1, 0.15) is 11.5 Å². The minimum atomic E-state index is -3.93. The van der Waals surface area contributed by atoms with Crippen molar-refractivity contribution in [3.63, 3.8) is 0 Å². The van der Waals surface area contributed by atoms with Gasteiger partial charge in [-0.25, -0.2) is 12.7 Å². The fraction of sp³-hybridized carbons (Fsp3) is 0.125. The molecule has 0 saturated heterocycles. The molecule has 120 valence electrons. The first-order valence-corrected chi connectivity index (χ1v) is 8.54. The lowest BCUT2D eigenvalue weighted by molar-refractivity contribution is -0.132. The SMILES string of the molecule is [B]c1ccc(NC(=O)C2C(=O)N(C)S(=O)(=O)c3ccccc32)cc1. The Labute approximate surface area is 140 Å². The number of anilines is 1. The van der Waals surface area contributed by atoms with Crippen LogP contribution in [0.3, 0.4) is 0 Å². The van der Waals surface area contributed by atoms with E-state index in [1.54, 1.807) is 36.4 Å². The Kier molecular flexibility index (Phi) is 3.92. The fourth-order valence-electron chi connectivity index (χ4n) is 2.57. The molecule has 1 aliphatic heterocycles. The molecular weight excluding hydrogens is 327 g/mol. The molecule has 2 aromatic rings. The first kappa shape index (κ1) is 16.3. The van der Waals surface area contributed by atoms with Crippen LogP contribution < -0.4 is 10.8 Å². The van der Waals surface area contributed by atoms with E-state index in [-0.39, 0.29) is 10.5 Å². The number of carbonyl (C=O) groups is 2. The fourth-order valence-corrected chi connectivity index (χ4v) is 3.94. The van der Waals surface area contributed by atoms with E-state index in [4.69, 9.17) is 7.85 Å². The number of sulfonamides is 1. The number of hydrogen-bond acceptors (Lipinski definition) is 4. The van der Waals surface area contributed by atoms with E-state index in [9.17, 15) is 18.0 Å². The maximum absolute atomic E-state index is 12.6. The molecule has 6 nitrogen and oxygen atoms in total. The zero-order valence-corrected chi connectivity index (χ0v) is 13.6. The zero-order chi connectivity index (χ0) is 17.5. The summed E-state index contributed by atoms with van der Waals surface area (Å²) in [6, 6.07) is 12.4. The van der Waals surface area contributed by atoms with Gasteiger partial charge in [0.2, 0.25) is 5.91 Å². The molecule has 1 N–H and O–H groups in total. The highest BCUT2D eigenvalue weighted by Crippen LogP contribution is 2.34. The van der Waals surface area contributed by atoms with Crippen molar-refractivity contribution < 1.29 is 18.0 Å². The van der Waals surface area contributed by atoms with Gasteiger partial charge in [0, 0.05) is 12.7 Å². The minimum Gasteiger partial charge on any atom is -0.325 e. The van der Waals surface area contributed by atoms with Gasteiger partial charge in [-0.15, -0.1) is 0 Å². The summed E-state index contributed by atoms with van der Waals surface area (Å²) in [5, 5.41) is 2.62. The average Bonchev–Trinajstić information content (AvgIpc) is 2.55. The molecule has 0 bridgehead atoms. The second-order valence-electron chi connectivity index (χ2n) is 5.39. The van der Waals surface area contributed by atoms with E-state index in [0.29, 0.717) is 15.5 Å². The molecule has 0 saturated carbocycles. The highest BCUT2D eigenvalue weighted by molar-refractivity contribution is 7.89. The quantitative estimate of drug-likeness (QED) is 0.632. The predicted molar refractivity (Wildman–Crippen MR) is 89.6 cm³/mol. The van der Waals surface area contributed by atoms with Crippen molar-refractivity contribution in [1.82, 2.24) is 4.31 Å². The lowest BCUT2D eigenvalue weighted by Crippen LogP contribution is -2.45. The van der Waals surface area contributed by atoms with Gasteiger partial charge >= 0.3 is 0 Å². The smallest absolute Gasteiger partial charge is 0.266 e. The molecule has 0 spiro atoms. The van der Waals surface area contributed by atoms with Gasteiger partial charge in [0.15, 0.2) is 0 Å². The van der Waals surface area contributed by atoms with Crippen molar-refractivity contribution in [2.45, 2.75) is 10.8 Å². The van der Waals surface area contributed by atoms with Gasteiger partial charge in [-0.05, 0) is 23.8 Å². The van der Waals surface area contributed by atoms with Gasteiger partial charge in [0.05, 0.1) is 4.90 Å². The number of nitrogens with one attached hydrogen (secondary N) is 1. The molecular formula is C16H13BN2O4S. The summed E-state index contributed by atoms with van der Waals surface area (Å²) in [6.45, 7) is 0. The zero-order valence-electron chi connectivity index (χ0n) is 12.8. The first-order valence-electron chi connectivity index (χ1n) is 7.10. The van der Waals surface area contributed by atoms with Gasteiger partial charge in [-0.2, -0.15) is 0 Å². The Morgan fingerprint density at radius 3 is 2.42 bits per heavy atom. The molecule has 2 amide bonds. The molecule has 0 fully saturated rings. The van der Waals surface area contributed by atoms with E-state index < -0.39 is 27.8 Å². The van der Waals surface area contributed by atoms with Crippen LogP contribution in [0.2, 0.25) is 0 Å². The standard InChI is InChI=1S/C16H13BN2O4S/c1-19-16(21)14(12-4-2-3-5-13(12)24(19,22)23)15(20)18-11-8-6-10(17)7-9-11/h2-9,14H,1H3,(H,18,20). The normalized spacial score (nSPS) is 18.8. The van der Waals surface area contributed by atoms with E-state index in [1.165, 1.54) is 12.1 Å². The maximum atomic E-state index is 12.6. The van der Waals surface area contributed by atoms with Gasteiger partial charge in [-0.3, -0.25) is 9.59 Å². The lowest BCUT2D eigenvalue weighted by atomic mass is 9.95. The highest BCUT2D eigenvalue weighted by Gasteiger charge is 2.44. The van der Waals surface area contributed by atoms with Crippen molar-refractivity contribution in [2.75, 3.05) is 12.4 Å². The number of rotatable bonds is 2. The summed E-state index contributed by atoms with van der Waals surface area (Å²) in [6.07, 6.45) is 0. The van der Waals surface area contributed by atoms with Crippen LogP contribution in [0.5, 0.6) is 0 Å². The first-order chi connectivity index (χ1) is 11.3. The molecule has 1 heterocycles. The van der Waals surface area contributed by atoms with Crippen LogP contribution in [-0.2, 0) is 19.6 Å². The van der Waals surface area contributed by atoms with Crippen molar-refractivity contribution in [3.05, 3.63) is 54.1 Å². The van der Waals surface area contributed by atoms with Crippen molar-refractivity contribution >= 4 is 40.8 Å². The molecule has 1 aliphatic rings. The van der Waals surface area contributed by atoms with Gasteiger partial charge in [0.25, 0.3) is 15.9 Å². The number of nitrogens with zero attached hydrogens (tertiary/aromatic N) is 1. The van der Waals surface area contributed by atoms with Crippen LogP contribution in [0, 0.1) is 0 Å². The monoisotopic (exact) mass is 340 g/mol.